The number of hydrogen-bond donors (Lipinski definition) is 3. The lowest BCUT2D eigenvalue weighted by molar-refractivity contribution is -0.137. The number of aliphatic hydroxyl groups is 1. The van der Waals surface area contributed by atoms with Crippen LogP contribution in [-0.2, 0) is 17.3 Å². The number of alkyl halides is 3. The molecule has 3 aliphatic rings. The van der Waals surface area contributed by atoms with E-state index in [0.717, 1.165) is 61.8 Å². The van der Waals surface area contributed by atoms with E-state index in [0.29, 0.717) is 17.9 Å². The van der Waals surface area contributed by atoms with Crippen molar-refractivity contribution in [2.75, 3.05) is 5.32 Å². The molecule has 1 aromatic heterocycles. The number of rotatable bonds is 3. The Kier molecular flexibility index (Phi) is 5.05. The fourth-order valence-corrected chi connectivity index (χ4v) is 5.01. The lowest BCUT2D eigenvalue weighted by Gasteiger charge is -2.32. The molecule has 2 aliphatic heterocycles. The molecule has 4 atom stereocenters. The number of halogens is 3. The summed E-state index contributed by atoms with van der Waals surface area (Å²) in [6.45, 7) is 0. The predicted octanol–water partition coefficient (Wildman–Crippen LogP) is 4.36. The summed E-state index contributed by atoms with van der Waals surface area (Å²) in [5.41, 5.74) is 1.32. The van der Waals surface area contributed by atoms with E-state index in [1.165, 1.54) is 6.07 Å². The van der Waals surface area contributed by atoms with Crippen LogP contribution in [0.5, 0.6) is 5.75 Å². The van der Waals surface area contributed by atoms with Crippen LogP contribution in [0.25, 0.3) is 11.3 Å². The van der Waals surface area contributed by atoms with Gasteiger partial charge in [-0.25, -0.2) is 0 Å². The molecule has 1 aromatic carbocycles. The van der Waals surface area contributed by atoms with Crippen LogP contribution in [-0.4, -0.2) is 38.7 Å². The number of nitrogens with zero attached hydrogens (tertiary/aromatic N) is 2. The maximum absolute atomic E-state index is 13.0. The first-order valence-corrected chi connectivity index (χ1v) is 10.7. The zero-order valence-corrected chi connectivity index (χ0v) is 16.8. The van der Waals surface area contributed by atoms with Gasteiger partial charge in [-0.15, -0.1) is 10.2 Å². The van der Waals surface area contributed by atoms with E-state index in [-0.39, 0.29) is 23.8 Å². The van der Waals surface area contributed by atoms with Gasteiger partial charge in [-0.1, -0.05) is 12.8 Å². The first kappa shape index (κ1) is 20.5. The molecule has 2 aromatic rings. The number of nitrogens with one attached hydrogen (secondary N) is 1. The van der Waals surface area contributed by atoms with E-state index in [1.54, 1.807) is 0 Å². The van der Waals surface area contributed by atoms with Crippen molar-refractivity contribution >= 4 is 5.82 Å². The number of aromatic hydroxyl groups is 1. The summed E-state index contributed by atoms with van der Waals surface area (Å²) >= 11 is 0. The summed E-state index contributed by atoms with van der Waals surface area (Å²) in [6, 6.07) is 2.78. The molecule has 0 radical (unpaired) electrons. The van der Waals surface area contributed by atoms with E-state index in [9.17, 15) is 23.4 Å². The number of phenols is 1. The molecule has 31 heavy (non-hydrogen) atoms. The average molecular weight is 435 g/mol. The van der Waals surface area contributed by atoms with E-state index in [4.69, 9.17) is 4.74 Å². The van der Waals surface area contributed by atoms with Crippen molar-refractivity contribution in [3.05, 3.63) is 34.9 Å². The highest BCUT2D eigenvalue weighted by Crippen LogP contribution is 2.48. The van der Waals surface area contributed by atoms with Crippen LogP contribution in [0.4, 0.5) is 19.0 Å². The first-order valence-electron chi connectivity index (χ1n) is 10.7. The van der Waals surface area contributed by atoms with Crippen LogP contribution >= 0.6 is 0 Å². The van der Waals surface area contributed by atoms with Crippen molar-refractivity contribution in [2.45, 2.75) is 75.5 Å². The van der Waals surface area contributed by atoms with E-state index < -0.39 is 23.6 Å². The molecule has 3 heterocycles. The van der Waals surface area contributed by atoms with Gasteiger partial charge in [-0.2, -0.15) is 13.2 Å². The third-order valence-electron chi connectivity index (χ3n) is 6.61. The van der Waals surface area contributed by atoms with E-state index >= 15 is 0 Å². The second-order valence-corrected chi connectivity index (χ2v) is 8.65. The Balaban J connectivity index is 1.57. The minimum Gasteiger partial charge on any atom is -0.507 e. The molecule has 0 spiro atoms. The number of phenolic OH excluding ortho intramolecular Hbond substituents is 1. The average Bonchev–Trinajstić information content (AvgIpc) is 3.11. The Bertz CT molecular complexity index is 998. The molecule has 1 saturated heterocycles. The van der Waals surface area contributed by atoms with Gasteiger partial charge in [-0.3, -0.25) is 0 Å². The largest absolute Gasteiger partial charge is 0.507 e. The number of fused-ring (bicyclic) bond motifs is 4. The van der Waals surface area contributed by atoms with Crippen LogP contribution in [0.15, 0.2) is 18.2 Å². The van der Waals surface area contributed by atoms with Crippen LogP contribution in [0.2, 0.25) is 0 Å². The molecule has 2 fully saturated rings. The van der Waals surface area contributed by atoms with Gasteiger partial charge in [-0.05, 0) is 43.9 Å². The minimum atomic E-state index is -4.54. The topological polar surface area (TPSA) is 87.5 Å². The fourth-order valence-electron chi connectivity index (χ4n) is 5.01. The highest BCUT2D eigenvalue weighted by molar-refractivity contribution is 5.73. The quantitative estimate of drug-likeness (QED) is 0.664. The molecule has 2 unspecified atom stereocenters. The van der Waals surface area contributed by atoms with Crippen LogP contribution in [0.3, 0.4) is 0 Å². The molecule has 0 amide bonds. The van der Waals surface area contributed by atoms with Crippen molar-refractivity contribution in [3.8, 4) is 17.0 Å². The summed E-state index contributed by atoms with van der Waals surface area (Å²) in [6.07, 6.45) is 0.683. The zero-order valence-electron chi connectivity index (χ0n) is 16.8. The molecule has 6 nitrogen and oxygen atoms in total. The van der Waals surface area contributed by atoms with Gasteiger partial charge in [0.25, 0.3) is 0 Å². The van der Waals surface area contributed by atoms with Crippen LogP contribution < -0.4 is 5.32 Å². The van der Waals surface area contributed by atoms with E-state index in [1.807, 2.05) is 0 Å². The normalized spacial score (nSPS) is 27.7. The SMILES string of the molecule is Oc1cc(C(F)(F)F)ccc1-c1nnc(N[C@@H]2CCCC[C@H]2O)c2c1C1CCC(C2)O1. The number of ether oxygens (including phenoxy) is 1. The molecule has 2 bridgehead atoms. The molecular weight excluding hydrogens is 411 g/mol. The maximum atomic E-state index is 13.0. The molecule has 5 rings (SSSR count). The number of aromatic nitrogens is 2. The second kappa shape index (κ2) is 7.63. The first-order chi connectivity index (χ1) is 14.8. The Morgan fingerprint density at radius 2 is 1.87 bits per heavy atom. The van der Waals surface area contributed by atoms with Gasteiger partial charge in [0.15, 0.2) is 5.82 Å². The highest BCUT2D eigenvalue weighted by Gasteiger charge is 2.39. The van der Waals surface area contributed by atoms with Gasteiger partial charge in [0, 0.05) is 23.1 Å². The summed E-state index contributed by atoms with van der Waals surface area (Å²) in [5, 5.41) is 32.7. The van der Waals surface area contributed by atoms with Crippen molar-refractivity contribution in [3.63, 3.8) is 0 Å². The van der Waals surface area contributed by atoms with Crippen molar-refractivity contribution in [1.29, 1.82) is 0 Å². The molecule has 166 valence electrons. The summed E-state index contributed by atoms with van der Waals surface area (Å²) in [4.78, 5) is 0. The summed E-state index contributed by atoms with van der Waals surface area (Å²) < 4.78 is 45.1. The second-order valence-electron chi connectivity index (χ2n) is 8.65. The van der Waals surface area contributed by atoms with E-state index in [2.05, 4.69) is 15.5 Å². The maximum Gasteiger partial charge on any atom is 0.416 e. The van der Waals surface area contributed by atoms with Crippen molar-refractivity contribution < 1.29 is 28.1 Å². The highest BCUT2D eigenvalue weighted by atomic mass is 19.4. The zero-order chi connectivity index (χ0) is 21.8. The monoisotopic (exact) mass is 435 g/mol. The third-order valence-corrected chi connectivity index (χ3v) is 6.61. The van der Waals surface area contributed by atoms with Crippen molar-refractivity contribution in [1.82, 2.24) is 10.2 Å². The standard InChI is InChI=1S/C22H24F3N3O3/c23-22(24,25)11-5-7-13(17(30)9-11)20-19-14(10-12-6-8-18(19)31-12)21(28-27-20)26-15-3-1-2-4-16(15)29/h5,7,9,12,15-16,18,29-30H,1-4,6,8,10H2,(H,26,28)/t12?,15-,16-,18?/m1/s1. The third kappa shape index (κ3) is 3.74. The van der Waals surface area contributed by atoms with Gasteiger partial charge < -0.3 is 20.3 Å². The van der Waals surface area contributed by atoms with Gasteiger partial charge in [0.2, 0.25) is 0 Å². The van der Waals surface area contributed by atoms with Crippen LogP contribution in [0.1, 0.15) is 61.3 Å². The molecule has 3 N–H and O–H groups in total. The van der Waals surface area contributed by atoms with Gasteiger partial charge >= 0.3 is 6.18 Å². The molecule has 9 heteroatoms. The predicted molar refractivity (Wildman–Crippen MR) is 107 cm³/mol. The van der Waals surface area contributed by atoms with Gasteiger partial charge in [0.1, 0.15) is 11.4 Å². The Hall–Kier alpha value is -2.39. The number of aliphatic hydroxyl groups excluding tert-OH is 1. The van der Waals surface area contributed by atoms with Crippen molar-refractivity contribution in [2.24, 2.45) is 0 Å². The minimum absolute atomic E-state index is 0.0626. The summed E-state index contributed by atoms with van der Waals surface area (Å²) in [5.74, 6) is 0.103. The molecular formula is C22H24F3N3O3. The number of hydrogen-bond acceptors (Lipinski definition) is 6. The van der Waals surface area contributed by atoms with Gasteiger partial charge in [0.05, 0.1) is 29.9 Å². The Labute approximate surface area is 177 Å². The lowest BCUT2D eigenvalue weighted by atomic mass is 9.91. The Morgan fingerprint density at radius 1 is 1.06 bits per heavy atom. The lowest BCUT2D eigenvalue weighted by Crippen LogP contribution is -2.37. The summed E-state index contributed by atoms with van der Waals surface area (Å²) in [7, 11) is 0. The number of benzene rings is 1. The molecule has 1 saturated carbocycles. The smallest absolute Gasteiger partial charge is 0.416 e. The molecule has 1 aliphatic carbocycles. The van der Waals surface area contributed by atoms with Crippen LogP contribution in [0, 0.1) is 0 Å². The fraction of sp³-hybridized carbons (Fsp3) is 0.545. The Morgan fingerprint density at radius 3 is 2.61 bits per heavy atom. The number of anilines is 1.